The first-order valence-corrected chi connectivity index (χ1v) is 13.1. The molecule has 1 N–H and O–H groups in total. The fraction of sp³-hybridized carbons (Fsp3) is 0.300. The molecule has 0 amide bonds. The van der Waals surface area contributed by atoms with Crippen LogP contribution in [0.2, 0.25) is 0 Å². The highest BCUT2D eigenvalue weighted by Gasteiger charge is 2.22. The number of aromatic nitrogens is 1. The van der Waals surface area contributed by atoms with E-state index in [9.17, 15) is 13.2 Å². The van der Waals surface area contributed by atoms with Crippen LogP contribution in [-0.2, 0) is 9.47 Å². The number of ether oxygens (including phenoxy) is 2. The largest absolute Gasteiger partial charge is 0.378 e. The molecule has 0 aliphatic carbocycles. The summed E-state index contributed by atoms with van der Waals surface area (Å²) in [6, 6.07) is 14.8. The van der Waals surface area contributed by atoms with E-state index in [0.29, 0.717) is 54.3 Å². The van der Waals surface area contributed by atoms with Gasteiger partial charge in [-0.15, -0.1) is 0 Å². The zero-order valence-electron chi connectivity index (χ0n) is 21.6. The first kappa shape index (κ1) is 25.5. The summed E-state index contributed by atoms with van der Waals surface area (Å²) in [4.78, 5) is 9.08. The van der Waals surface area contributed by atoms with Gasteiger partial charge in [-0.25, -0.2) is 18.2 Å². The van der Waals surface area contributed by atoms with Crippen molar-refractivity contribution in [2.75, 3.05) is 67.7 Å². The lowest BCUT2D eigenvalue weighted by atomic mass is 10.0. The van der Waals surface area contributed by atoms with Crippen LogP contribution < -0.4 is 15.1 Å². The lowest BCUT2D eigenvalue weighted by Crippen LogP contribution is -2.37. The summed E-state index contributed by atoms with van der Waals surface area (Å²) in [6.07, 6.45) is 0. The number of morpholine rings is 2. The Balaban J connectivity index is 1.53. The molecule has 0 unspecified atom stereocenters. The van der Waals surface area contributed by atoms with Crippen LogP contribution in [0.15, 0.2) is 54.6 Å². The highest BCUT2D eigenvalue weighted by molar-refractivity contribution is 5.99. The standard InChI is InChI=1S/C30H29F3N4O2/c1-19-29(21-4-2-3-5-23(21)31)34-26-18-25(33)24(32)17-22(26)30(19)35-27-16-20(36-8-12-38-13-9-36)6-7-28(27)37-10-14-39-15-11-37/h2-7,16-18H,8-15H2,1H3,(H,34,35). The SMILES string of the molecule is Cc1c(-c2ccccc2F)nc2cc(F)c(F)cc2c1Nc1cc(N2CCOCC2)ccc1N1CCOCC1. The van der Waals surface area contributed by atoms with Gasteiger partial charge < -0.3 is 24.6 Å². The van der Waals surface area contributed by atoms with Crippen LogP contribution in [0.5, 0.6) is 0 Å². The van der Waals surface area contributed by atoms with Crippen molar-refractivity contribution in [2.45, 2.75) is 6.92 Å². The first-order chi connectivity index (χ1) is 19.0. The maximum atomic E-state index is 14.9. The normalized spacial score (nSPS) is 16.1. The van der Waals surface area contributed by atoms with Gasteiger partial charge in [0.25, 0.3) is 0 Å². The van der Waals surface area contributed by atoms with Gasteiger partial charge in [-0.1, -0.05) is 12.1 Å². The lowest BCUT2D eigenvalue weighted by molar-refractivity contribution is 0.122. The molecule has 3 aromatic carbocycles. The number of halogens is 3. The highest BCUT2D eigenvalue weighted by atomic mass is 19.2. The summed E-state index contributed by atoms with van der Waals surface area (Å²) >= 11 is 0. The van der Waals surface area contributed by atoms with Crippen LogP contribution in [0.3, 0.4) is 0 Å². The summed E-state index contributed by atoms with van der Waals surface area (Å²) in [6.45, 7) is 7.35. The fourth-order valence-corrected chi connectivity index (χ4v) is 5.29. The van der Waals surface area contributed by atoms with E-state index in [1.807, 2.05) is 6.92 Å². The van der Waals surface area contributed by atoms with Crippen molar-refractivity contribution in [1.29, 1.82) is 0 Å². The highest BCUT2D eigenvalue weighted by Crippen LogP contribution is 2.40. The summed E-state index contributed by atoms with van der Waals surface area (Å²) in [5.41, 5.74) is 4.87. The molecule has 39 heavy (non-hydrogen) atoms. The molecular weight excluding hydrogens is 505 g/mol. The number of nitrogens with one attached hydrogen (secondary N) is 1. The van der Waals surface area contributed by atoms with E-state index in [1.165, 1.54) is 6.07 Å². The molecule has 4 aromatic rings. The Kier molecular flexibility index (Phi) is 7.01. The van der Waals surface area contributed by atoms with E-state index in [0.717, 1.165) is 55.4 Å². The third-order valence-corrected chi connectivity index (χ3v) is 7.37. The number of hydrogen-bond donors (Lipinski definition) is 1. The van der Waals surface area contributed by atoms with Gasteiger partial charge in [-0.05, 0) is 48.9 Å². The lowest BCUT2D eigenvalue weighted by Gasteiger charge is -2.33. The predicted molar refractivity (Wildman–Crippen MR) is 148 cm³/mol. The van der Waals surface area contributed by atoms with E-state index in [2.05, 4.69) is 38.3 Å². The minimum Gasteiger partial charge on any atom is -0.378 e. The Hall–Kier alpha value is -3.82. The average molecular weight is 535 g/mol. The second-order valence-corrected chi connectivity index (χ2v) is 9.75. The molecular formula is C30H29F3N4O2. The first-order valence-electron chi connectivity index (χ1n) is 13.1. The molecule has 0 saturated carbocycles. The molecule has 0 atom stereocenters. The zero-order chi connectivity index (χ0) is 26.9. The Morgan fingerprint density at radius 3 is 2.15 bits per heavy atom. The van der Waals surface area contributed by atoms with Crippen molar-refractivity contribution in [3.05, 3.63) is 77.6 Å². The molecule has 0 bridgehead atoms. The molecule has 6 rings (SSSR count). The van der Waals surface area contributed by atoms with Crippen LogP contribution in [0, 0.1) is 24.4 Å². The Labute approximate surface area is 225 Å². The number of rotatable bonds is 5. The number of pyridine rings is 1. The predicted octanol–water partition coefficient (Wildman–Crippen LogP) is 6.04. The molecule has 2 fully saturated rings. The van der Waals surface area contributed by atoms with E-state index >= 15 is 0 Å². The molecule has 1 aromatic heterocycles. The molecule has 0 radical (unpaired) electrons. The van der Waals surface area contributed by atoms with Crippen LogP contribution in [0.4, 0.5) is 35.9 Å². The molecule has 2 aliphatic heterocycles. The Bertz CT molecular complexity index is 1520. The molecule has 6 nitrogen and oxygen atoms in total. The van der Waals surface area contributed by atoms with Gasteiger partial charge in [0.2, 0.25) is 0 Å². The number of fused-ring (bicyclic) bond motifs is 1. The van der Waals surface area contributed by atoms with Crippen LogP contribution in [0.1, 0.15) is 5.56 Å². The van der Waals surface area contributed by atoms with Gasteiger partial charge in [-0.3, -0.25) is 0 Å². The van der Waals surface area contributed by atoms with Crippen LogP contribution in [-0.4, -0.2) is 57.6 Å². The van der Waals surface area contributed by atoms with E-state index in [-0.39, 0.29) is 5.52 Å². The van der Waals surface area contributed by atoms with Crippen molar-refractivity contribution < 1.29 is 22.6 Å². The molecule has 2 saturated heterocycles. The average Bonchev–Trinajstić information content (AvgIpc) is 2.97. The van der Waals surface area contributed by atoms with Crippen molar-refractivity contribution >= 4 is 33.7 Å². The number of hydrogen-bond acceptors (Lipinski definition) is 6. The Morgan fingerprint density at radius 1 is 0.769 bits per heavy atom. The second-order valence-electron chi connectivity index (χ2n) is 9.75. The quantitative estimate of drug-likeness (QED) is 0.337. The zero-order valence-corrected chi connectivity index (χ0v) is 21.6. The monoisotopic (exact) mass is 534 g/mol. The maximum Gasteiger partial charge on any atom is 0.161 e. The second kappa shape index (κ2) is 10.7. The molecule has 0 spiro atoms. The van der Waals surface area contributed by atoms with Crippen molar-refractivity contribution in [1.82, 2.24) is 4.98 Å². The summed E-state index contributed by atoms with van der Waals surface area (Å²) < 4.78 is 54.9. The third kappa shape index (κ3) is 4.99. The fourth-order valence-electron chi connectivity index (χ4n) is 5.29. The minimum atomic E-state index is -1.01. The third-order valence-electron chi connectivity index (χ3n) is 7.37. The van der Waals surface area contributed by atoms with Crippen molar-refractivity contribution in [3.8, 4) is 11.3 Å². The minimum absolute atomic E-state index is 0.234. The van der Waals surface area contributed by atoms with Gasteiger partial charge in [0.1, 0.15) is 5.82 Å². The molecule has 9 heteroatoms. The van der Waals surface area contributed by atoms with Crippen molar-refractivity contribution in [3.63, 3.8) is 0 Å². The van der Waals surface area contributed by atoms with Gasteiger partial charge >= 0.3 is 0 Å². The summed E-state index contributed by atoms with van der Waals surface area (Å²) in [7, 11) is 0. The number of anilines is 4. The molecule has 202 valence electrons. The summed E-state index contributed by atoms with van der Waals surface area (Å²) in [5, 5.41) is 3.96. The number of nitrogens with zero attached hydrogens (tertiary/aromatic N) is 3. The maximum absolute atomic E-state index is 14.9. The van der Waals surface area contributed by atoms with E-state index in [1.54, 1.807) is 18.2 Å². The van der Waals surface area contributed by atoms with Gasteiger partial charge in [0.15, 0.2) is 11.6 Å². The van der Waals surface area contributed by atoms with Gasteiger partial charge in [0.05, 0.1) is 54.7 Å². The van der Waals surface area contributed by atoms with Gasteiger partial charge in [-0.2, -0.15) is 0 Å². The van der Waals surface area contributed by atoms with Crippen molar-refractivity contribution in [2.24, 2.45) is 0 Å². The molecule has 3 heterocycles. The number of benzene rings is 3. The van der Waals surface area contributed by atoms with Crippen LogP contribution >= 0.6 is 0 Å². The van der Waals surface area contributed by atoms with Crippen LogP contribution in [0.25, 0.3) is 22.2 Å². The molecule has 2 aliphatic rings. The van der Waals surface area contributed by atoms with E-state index < -0.39 is 17.5 Å². The topological polar surface area (TPSA) is 49.9 Å². The Morgan fingerprint density at radius 2 is 1.44 bits per heavy atom. The smallest absolute Gasteiger partial charge is 0.161 e. The van der Waals surface area contributed by atoms with Gasteiger partial charge in [0, 0.05) is 48.9 Å². The summed E-state index contributed by atoms with van der Waals surface area (Å²) in [5.74, 6) is -2.42. The van der Waals surface area contributed by atoms with E-state index in [4.69, 9.17) is 9.47 Å².